The molecule has 0 radical (unpaired) electrons. The SMILES string of the molecule is C#CCN1CCN(C(=O)NCCCNC(=O)c2cccc(F)c2)CC1. The first-order chi connectivity index (χ1) is 12.1. The first kappa shape index (κ1) is 18.7. The Morgan fingerprint density at radius 2 is 1.88 bits per heavy atom. The van der Waals surface area contributed by atoms with Crippen molar-refractivity contribution in [3.05, 3.63) is 35.6 Å². The van der Waals surface area contributed by atoms with Crippen LogP contribution >= 0.6 is 0 Å². The monoisotopic (exact) mass is 346 g/mol. The van der Waals surface area contributed by atoms with E-state index in [9.17, 15) is 14.0 Å². The highest BCUT2D eigenvalue weighted by Gasteiger charge is 2.19. The Labute approximate surface area is 147 Å². The van der Waals surface area contributed by atoms with E-state index >= 15 is 0 Å². The van der Waals surface area contributed by atoms with Gasteiger partial charge in [0.1, 0.15) is 5.82 Å². The molecule has 1 aromatic carbocycles. The minimum atomic E-state index is -0.442. The quantitative estimate of drug-likeness (QED) is 0.594. The fourth-order valence-corrected chi connectivity index (χ4v) is 2.57. The first-order valence-electron chi connectivity index (χ1n) is 8.32. The van der Waals surface area contributed by atoms with E-state index in [0.717, 1.165) is 13.1 Å². The minimum absolute atomic E-state index is 0.100. The largest absolute Gasteiger partial charge is 0.352 e. The molecule has 0 spiro atoms. The third kappa shape index (κ3) is 6.08. The molecule has 1 aromatic rings. The van der Waals surface area contributed by atoms with Gasteiger partial charge in [0, 0.05) is 44.8 Å². The second kappa shape index (κ2) is 9.64. The van der Waals surface area contributed by atoms with Crippen molar-refractivity contribution in [1.29, 1.82) is 0 Å². The van der Waals surface area contributed by atoms with Crippen molar-refractivity contribution in [2.75, 3.05) is 45.8 Å². The minimum Gasteiger partial charge on any atom is -0.352 e. The fraction of sp³-hybridized carbons (Fsp3) is 0.444. The van der Waals surface area contributed by atoms with Crippen LogP contribution in [0.5, 0.6) is 0 Å². The Balaban J connectivity index is 1.59. The molecule has 1 saturated heterocycles. The number of hydrogen-bond donors (Lipinski definition) is 2. The van der Waals surface area contributed by atoms with E-state index in [1.807, 2.05) is 0 Å². The molecule has 0 aromatic heterocycles. The molecule has 1 fully saturated rings. The summed E-state index contributed by atoms with van der Waals surface area (Å²) >= 11 is 0. The molecule has 1 heterocycles. The van der Waals surface area contributed by atoms with Crippen LogP contribution in [0, 0.1) is 18.2 Å². The summed E-state index contributed by atoms with van der Waals surface area (Å²) in [5, 5.41) is 5.54. The van der Waals surface area contributed by atoms with Crippen LogP contribution in [0.15, 0.2) is 24.3 Å². The molecule has 134 valence electrons. The molecule has 1 aliphatic rings. The molecule has 0 atom stereocenters. The topological polar surface area (TPSA) is 64.7 Å². The van der Waals surface area contributed by atoms with E-state index in [4.69, 9.17) is 6.42 Å². The maximum Gasteiger partial charge on any atom is 0.317 e. The maximum absolute atomic E-state index is 13.1. The van der Waals surface area contributed by atoms with E-state index in [0.29, 0.717) is 39.1 Å². The van der Waals surface area contributed by atoms with Crippen molar-refractivity contribution in [3.8, 4) is 12.3 Å². The molecule has 7 heteroatoms. The van der Waals surface area contributed by atoms with Crippen molar-refractivity contribution in [3.63, 3.8) is 0 Å². The smallest absolute Gasteiger partial charge is 0.317 e. The number of nitrogens with zero attached hydrogens (tertiary/aromatic N) is 2. The fourth-order valence-electron chi connectivity index (χ4n) is 2.57. The molecule has 3 amide bonds. The summed E-state index contributed by atoms with van der Waals surface area (Å²) in [5.74, 6) is 1.84. The second-order valence-corrected chi connectivity index (χ2v) is 5.82. The van der Waals surface area contributed by atoms with E-state index < -0.39 is 5.82 Å². The number of benzene rings is 1. The Morgan fingerprint density at radius 3 is 2.56 bits per heavy atom. The number of urea groups is 1. The summed E-state index contributed by atoms with van der Waals surface area (Å²) < 4.78 is 13.1. The van der Waals surface area contributed by atoms with Gasteiger partial charge in [0.15, 0.2) is 0 Å². The third-order valence-corrected chi connectivity index (χ3v) is 3.98. The van der Waals surface area contributed by atoms with Crippen LogP contribution in [0.4, 0.5) is 9.18 Å². The Hall–Kier alpha value is -2.59. The van der Waals surface area contributed by atoms with Gasteiger partial charge in [0.25, 0.3) is 5.91 Å². The number of piperazine rings is 1. The number of terminal acetylenes is 1. The number of carbonyl (C=O) groups excluding carboxylic acids is 2. The molecule has 25 heavy (non-hydrogen) atoms. The van der Waals surface area contributed by atoms with Gasteiger partial charge in [-0.05, 0) is 24.6 Å². The van der Waals surface area contributed by atoms with Crippen LogP contribution < -0.4 is 10.6 Å². The van der Waals surface area contributed by atoms with Crippen molar-refractivity contribution < 1.29 is 14.0 Å². The number of nitrogens with one attached hydrogen (secondary N) is 2. The van der Waals surface area contributed by atoms with Gasteiger partial charge in [-0.2, -0.15) is 0 Å². The van der Waals surface area contributed by atoms with E-state index in [1.165, 1.54) is 18.2 Å². The molecule has 0 unspecified atom stereocenters. The highest BCUT2D eigenvalue weighted by molar-refractivity contribution is 5.94. The lowest BCUT2D eigenvalue weighted by Crippen LogP contribution is -2.52. The standard InChI is InChI=1S/C18H23FN4O2/c1-2-9-22-10-12-23(13-11-22)18(25)21-8-4-7-20-17(24)15-5-3-6-16(19)14-15/h1,3,5-6,14H,4,7-13H2,(H,20,24)(H,21,25). The Kier molecular flexibility index (Phi) is 7.23. The predicted octanol–water partition coefficient (Wildman–Crippen LogP) is 0.906. The molecule has 1 aliphatic heterocycles. The molecule has 6 nitrogen and oxygen atoms in total. The lowest BCUT2D eigenvalue weighted by atomic mass is 10.2. The third-order valence-electron chi connectivity index (χ3n) is 3.98. The zero-order valence-electron chi connectivity index (χ0n) is 14.1. The van der Waals surface area contributed by atoms with Crippen LogP contribution in [0.1, 0.15) is 16.8 Å². The number of carbonyl (C=O) groups is 2. The number of rotatable bonds is 6. The van der Waals surface area contributed by atoms with Gasteiger partial charge in [-0.25, -0.2) is 9.18 Å². The molecule has 0 saturated carbocycles. The average Bonchev–Trinajstić information content (AvgIpc) is 2.62. The predicted molar refractivity (Wildman–Crippen MR) is 93.6 cm³/mol. The Bertz CT molecular complexity index is 636. The number of halogens is 1. The second-order valence-electron chi connectivity index (χ2n) is 5.82. The van der Waals surface area contributed by atoms with Crippen molar-refractivity contribution in [2.45, 2.75) is 6.42 Å². The van der Waals surface area contributed by atoms with Crippen LogP contribution in [0.2, 0.25) is 0 Å². The summed E-state index contributed by atoms with van der Waals surface area (Å²) in [6.45, 7) is 4.36. The van der Waals surface area contributed by atoms with Gasteiger partial charge in [0.05, 0.1) is 6.54 Å². The number of amides is 3. The van der Waals surface area contributed by atoms with Crippen molar-refractivity contribution >= 4 is 11.9 Å². The molecule has 0 bridgehead atoms. The van der Waals surface area contributed by atoms with Gasteiger partial charge >= 0.3 is 6.03 Å². The van der Waals surface area contributed by atoms with E-state index in [2.05, 4.69) is 21.5 Å². The molecule has 2 rings (SSSR count). The van der Waals surface area contributed by atoms with Crippen LogP contribution in [0.25, 0.3) is 0 Å². The lowest BCUT2D eigenvalue weighted by Gasteiger charge is -2.33. The van der Waals surface area contributed by atoms with Crippen LogP contribution in [-0.2, 0) is 0 Å². The van der Waals surface area contributed by atoms with Gasteiger partial charge in [-0.3, -0.25) is 9.69 Å². The van der Waals surface area contributed by atoms with Gasteiger partial charge in [-0.15, -0.1) is 6.42 Å². The van der Waals surface area contributed by atoms with Crippen LogP contribution in [-0.4, -0.2) is 67.6 Å². The summed E-state index contributed by atoms with van der Waals surface area (Å²) in [6.07, 6.45) is 5.88. The van der Waals surface area contributed by atoms with Gasteiger partial charge in [-0.1, -0.05) is 12.0 Å². The highest BCUT2D eigenvalue weighted by Crippen LogP contribution is 2.03. The van der Waals surface area contributed by atoms with Crippen molar-refractivity contribution in [1.82, 2.24) is 20.4 Å². The molecule has 2 N–H and O–H groups in total. The van der Waals surface area contributed by atoms with E-state index in [-0.39, 0.29) is 17.5 Å². The average molecular weight is 346 g/mol. The van der Waals surface area contributed by atoms with E-state index in [1.54, 1.807) is 11.0 Å². The van der Waals surface area contributed by atoms with Gasteiger partial charge < -0.3 is 15.5 Å². The zero-order chi connectivity index (χ0) is 18.1. The normalized spacial score (nSPS) is 14.6. The first-order valence-corrected chi connectivity index (χ1v) is 8.32. The van der Waals surface area contributed by atoms with Crippen LogP contribution in [0.3, 0.4) is 0 Å². The molecule has 0 aliphatic carbocycles. The highest BCUT2D eigenvalue weighted by atomic mass is 19.1. The van der Waals surface area contributed by atoms with Crippen molar-refractivity contribution in [2.24, 2.45) is 0 Å². The summed E-state index contributed by atoms with van der Waals surface area (Å²) in [4.78, 5) is 27.8. The zero-order valence-corrected chi connectivity index (χ0v) is 14.1. The summed E-state index contributed by atoms with van der Waals surface area (Å²) in [7, 11) is 0. The maximum atomic E-state index is 13.1. The van der Waals surface area contributed by atoms with Gasteiger partial charge in [0.2, 0.25) is 0 Å². The number of hydrogen-bond acceptors (Lipinski definition) is 3. The lowest BCUT2D eigenvalue weighted by molar-refractivity contribution is 0.0953. The molecular weight excluding hydrogens is 323 g/mol. The Morgan fingerprint density at radius 1 is 1.16 bits per heavy atom. The summed E-state index contributed by atoms with van der Waals surface area (Å²) in [6, 6.07) is 5.43. The summed E-state index contributed by atoms with van der Waals surface area (Å²) in [5.41, 5.74) is 0.286. The molecular formula is C18H23FN4O2.